The molecule has 0 aromatic rings. The van der Waals surface area contributed by atoms with Crippen molar-refractivity contribution in [2.45, 2.75) is 19.3 Å². The van der Waals surface area contributed by atoms with Crippen LogP contribution in [0.4, 0.5) is 4.79 Å². The van der Waals surface area contributed by atoms with E-state index in [0.29, 0.717) is 6.54 Å². The van der Waals surface area contributed by atoms with Crippen LogP contribution in [0.5, 0.6) is 0 Å². The molecule has 0 saturated carbocycles. The van der Waals surface area contributed by atoms with Gasteiger partial charge in [0, 0.05) is 25.8 Å². The summed E-state index contributed by atoms with van der Waals surface area (Å²) in [5, 5.41) is 0. The van der Waals surface area contributed by atoms with Crippen molar-refractivity contribution in [1.82, 2.24) is 4.90 Å². The minimum Gasteiger partial charge on any atom is -0.439 e. The summed E-state index contributed by atoms with van der Waals surface area (Å²) in [6.45, 7) is 3.91. The number of nitrogens with zero attached hydrogens (tertiary/aromatic N) is 2. The fourth-order valence-electron chi connectivity index (χ4n) is 2.53. The Morgan fingerprint density at radius 1 is 1.31 bits per heavy atom. The van der Waals surface area contributed by atoms with Gasteiger partial charge in [-0.3, -0.25) is 4.79 Å². The highest BCUT2D eigenvalue weighted by Gasteiger charge is 2.32. The van der Waals surface area contributed by atoms with Gasteiger partial charge in [0.05, 0.1) is 26.7 Å². The first kappa shape index (κ1) is 11.4. The van der Waals surface area contributed by atoms with E-state index < -0.39 is 6.09 Å². The fourth-order valence-corrected chi connectivity index (χ4v) is 2.53. The Morgan fingerprint density at radius 3 is 2.56 bits per heavy atom. The number of hydrogen-bond acceptors (Lipinski definition) is 3. The molecule has 0 aromatic heterocycles. The second-order valence-electron chi connectivity index (χ2n) is 4.95. The van der Waals surface area contributed by atoms with Crippen molar-refractivity contribution in [2.24, 2.45) is 0 Å². The lowest BCUT2D eigenvalue weighted by Gasteiger charge is -2.29. The van der Waals surface area contributed by atoms with E-state index in [2.05, 4.69) is 11.8 Å². The van der Waals surface area contributed by atoms with Gasteiger partial charge >= 0.3 is 6.09 Å². The predicted octanol–water partition coefficient (Wildman–Crippen LogP) is 0.596. The summed E-state index contributed by atoms with van der Waals surface area (Å²) in [6.07, 6.45) is 2.98. The predicted molar refractivity (Wildman–Crippen MR) is 57.7 cm³/mol. The second kappa shape index (κ2) is 4.41. The van der Waals surface area contributed by atoms with Crippen LogP contribution in [0.3, 0.4) is 0 Å². The van der Waals surface area contributed by atoms with E-state index in [1.54, 1.807) is 0 Å². The van der Waals surface area contributed by atoms with E-state index in [0.717, 1.165) is 17.4 Å². The van der Waals surface area contributed by atoms with Gasteiger partial charge in [-0.1, -0.05) is 0 Å². The zero-order valence-electron chi connectivity index (χ0n) is 9.78. The third-order valence-electron chi connectivity index (χ3n) is 3.57. The van der Waals surface area contributed by atoms with Crippen molar-refractivity contribution < 1.29 is 18.8 Å². The van der Waals surface area contributed by atoms with Crippen molar-refractivity contribution in [2.75, 3.05) is 39.8 Å². The third kappa shape index (κ3) is 2.35. The number of rotatable bonds is 4. The molecule has 2 aliphatic rings. The number of likely N-dealkylation sites (tertiary alicyclic amines) is 1. The third-order valence-corrected chi connectivity index (χ3v) is 3.57. The maximum Gasteiger partial charge on any atom is 0.417 e. The zero-order chi connectivity index (χ0) is 11.6. The molecule has 0 bridgehead atoms. The number of imide groups is 1. The van der Waals surface area contributed by atoms with Gasteiger partial charge in [-0.25, -0.2) is 9.69 Å². The van der Waals surface area contributed by atoms with Crippen LogP contribution in [-0.2, 0) is 9.53 Å². The molecule has 5 heteroatoms. The van der Waals surface area contributed by atoms with Gasteiger partial charge in [0.1, 0.15) is 0 Å². The topological polar surface area (TPSA) is 46.6 Å². The number of quaternary nitrogens is 1. The normalized spacial score (nSPS) is 23.9. The van der Waals surface area contributed by atoms with Gasteiger partial charge in [-0.2, -0.15) is 0 Å². The molecule has 2 rings (SSSR count). The first-order valence-corrected chi connectivity index (χ1v) is 5.91. The van der Waals surface area contributed by atoms with E-state index in [4.69, 9.17) is 0 Å². The highest BCUT2D eigenvalue weighted by molar-refractivity contribution is 5.97. The average molecular weight is 227 g/mol. The Kier molecular flexibility index (Phi) is 3.14. The molecule has 0 N–H and O–H groups in total. The summed E-state index contributed by atoms with van der Waals surface area (Å²) in [5.41, 5.74) is 0. The average Bonchev–Trinajstić information content (AvgIpc) is 2.79. The van der Waals surface area contributed by atoms with Crippen LogP contribution in [0.15, 0.2) is 0 Å². The molecule has 2 fully saturated rings. The monoisotopic (exact) mass is 227 g/mol. The van der Waals surface area contributed by atoms with Crippen LogP contribution in [0, 0.1) is 0 Å². The number of carbonyl (C=O) groups is 2. The summed E-state index contributed by atoms with van der Waals surface area (Å²) in [6, 6.07) is 0. The van der Waals surface area contributed by atoms with Crippen LogP contribution >= 0.6 is 0 Å². The second-order valence-corrected chi connectivity index (χ2v) is 4.95. The van der Waals surface area contributed by atoms with Gasteiger partial charge in [0.2, 0.25) is 0 Å². The summed E-state index contributed by atoms with van der Waals surface area (Å²) >= 11 is 0. The van der Waals surface area contributed by atoms with Crippen LogP contribution in [-0.4, -0.2) is 61.2 Å². The van der Waals surface area contributed by atoms with Crippen LogP contribution < -0.4 is 0 Å². The number of ether oxygens (including phenoxy) is 1. The maximum absolute atomic E-state index is 11.3. The number of hydrogen-bond donors (Lipinski definition) is 0. The lowest BCUT2D eigenvalue weighted by atomic mass is 10.3. The Labute approximate surface area is 95.5 Å². The number of carbonyl (C=O) groups excluding carboxylic acids is 2. The zero-order valence-corrected chi connectivity index (χ0v) is 9.78. The summed E-state index contributed by atoms with van der Waals surface area (Å²) in [7, 11) is 2.25. The van der Waals surface area contributed by atoms with E-state index in [1.165, 1.54) is 30.8 Å². The van der Waals surface area contributed by atoms with Crippen molar-refractivity contribution in [3.8, 4) is 0 Å². The molecule has 0 aliphatic carbocycles. The van der Waals surface area contributed by atoms with Gasteiger partial charge in [-0.05, 0) is 0 Å². The van der Waals surface area contributed by atoms with Crippen molar-refractivity contribution in [3.63, 3.8) is 0 Å². The Morgan fingerprint density at radius 2 is 2.00 bits per heavy atom. The van der Waals surface area contributed by atoms with Crippen molar-refractivity contribution in [3.05, 3.63) is 0 Å². The molecular weight excluding hydrogens is 208 g/mol. The van der Waals surface area contributed by atoms with E-state index in [1.807, 2.05) is 0 Å². The first-order valence-electron chi connectivity index (χ1n) is 5.91. The number of amides is 2. The molecule has 16 heavy (non-hydrogen) atoms. The fraction of sp³-hybridized carbons (Fsp3) is 0.818. The van der Waals surface area contributed by atoms with Crippen LogP contribution in [0.2, 0.25) is 0 Å². The highest BCUT2D eigenvalue weighted by Crippen LogP contribution is 2.17. The van der Waals surface area contributed by atoms with E-state index in [9.17, 15) is 9.59 Å². The van der Waals surface area contributed by atoms with E-state index in [-0.39, 0.29) is 12.5 Å². The molecule has 0 aromatic carbocycles. The molecule has 2 heterocycles. The first-order chi connectivity index (χ1) is 7.61. The lowest BCUT2D eigenvalue weighted by Crippen LogP contribution is -2.43. The Balaban J connectivity index is 1.75. The maximum atomic E-state index is 11.3. The molecule has 2 aliphatic heterocycles. The van der Waals surface area contributed by atoms with Gasteiger partial charge in [-0.15, -0.1) is 0 Å². The molecule has 90 valence electrons. The largest absolute Gasteiger partial charge is 0.439 e. The molecule has 2 amide bonds. The SMILES string of the molecule is C[N+]1(CCCN2C(=O)COC2=O)CCCC1. The number of cyclic esters (lactones) is 1. The van der Waals surface area contributed by atoms with Crippen molar-refractivity contribution >= 4 is 12.0 Å². The van der Waals surface area contributed by atoms with Crippen molar-refractivity contribution in [1.29, 1.82) is 0 Å². The summed E-state index contributed by atoms with van der Waals surface area (Å²) in [5.74, 6) is -0.200. The molecule has 0 radical (unpaired) electrons. The summed E-state index contributed by atoms with van der Waals surface area (Å²) in [4.78, 5) is 23.7. The quantitative estimate of drug-likeness (QED) is 0.661. The Bertz CT molecular complexity index is 282. The highest BCUT2D eigenvalue weighted by atomic mass is 16.6. The van der Waals surface area contributed by atoms with Gasteiger partial charge in [0.25, 0.3) is 5.91 Å². The van der Waals surface area contributed by atoms with Gasteiger partial charge < -0.3 is 9.22 Å². The molecule has 0 unspecified atom stereocenters. The molecule has 0 atom stereocenters. The standard InChI is InChI=1S/C11H19N2O3/c1-13(6-2-3-7-13)8-4-5-12-10(14)9-16-11(12)15/h2-9H2,1H3/q+1. The molecule has 2 saturated heterocycles. The summed E-state index contributed by atoms with van der Waals surface area (Å²) < 4.78 is 5.74. The smallest absolute Gasteiger partial charge is 0.417 e. The van der Waals surface area contributed by atoms with E-state index >= 15 is 0 Å². The van der Waals surface area contributed by atoms with Crippen LogP contribution in [0.25, 0.3) is 0 Å². The molecule has 5 nitrogen and oxygen atoms in total. The minimum absolute atomic E-state index is 0.0784. The van der Waals surface area contributed by atoms with Gasteiger partial charge in [0.15, 0.2) is 6.61 Å². The lowest BCUT2D eigenvalue weighted by molar-refractivity contribution is -0.897. The molecule has 0 spiro atoms. The van der Waals surface area contributed by atoms with Crippen LogP contribution in [0.1, 0.15) is 19.3 Å². The minimum atomic E-state index is -0.478. The molecular formula is C11H19N2O3+. The Hall–Kier alpha value is -1.10.